The first-order valence-electron chi connectivity index (χ1n) is 6.17. The van der Waals surface area contributed by atoms with Crippen LogP contribution in [0.1, 0.15) is 21.6 Å². The lowest BCUT2D eigenvalue weighted by Gasteiger charge is -2.08. The number of hydrogen-bond donors (Lipinski definition) is 2. The highest BCUT2D eigenvalue weighted by atomic mass is 32.1. The summed E-state index contributed by atoms with van der Waals surface area (Å²) in [5.74, 6) is -0.924. The van der Waals surface area contributed by atoms with Gasteiger partial charge in [-0.15, -0.1) is 0 Å². The van der Waals surface area contributed by atoms with Crippen molar-refractivity contribution < 1.29 is 19.4 Å². The molecule has 0 unspecified atom stereocenters. The van der Waals surface area contributed by atoms with E-state index in [9.17, 15) is 9.59 Å². The molecule has 6 nitrogen and oxygen atoms in total. The van der Waals surface area contributed by atoms with Crippen molar-refractivity contribution in [3.8, 4) is 5.75 Å². The molecule has 0 aliphatic carbocycles. The van der Waals surface area contributed by atoms with E-state index in [0.29, 0.717) is 11.4 Å². The van der Waals surface area contributed by atoms with Gasteiger partial charge in [0, 0.05) is 0 Å². The van der Waals surface area contributed by atoms with Gasteiger partial charge in [0.25, 0.3) is 5.91 Å². The lowest BCUT2D eigenvalue weighted by molar-refractivity contribution is -0.118. The highest BCUT2D eigenvalue weighted by molar-refractivity contribution is 7.11. The molecular formula is C14H14N2O4S. The van der Waals surface area contributed by atoms with Crippen molar-refractivity contribution in [2.75, 3.05) is 11.9 Å². The van der Waals surface area contributed by atoms with Crippen LogP contribution < -0.4 is 10.1 Å². The number of aryl methyl sites for hydroxylation is 2. The summed E-state index contributed by atoms with van der Waals surface area (Å²) in [6, 6.07) is 7.33. The quantitative estimate of drug-likeness (QED) is 0.886. The van der Waals surface area contributed by atoms with Crippen molar-refractivity contribution >= 4 is 28.4 Å². The molecule has 0 radical (unpaired) electrons. The van der Waals surface area contributed by atoms with Crippen LogP contribution in [0, 0.1) is 13.8 Å². The second kappa shape index (κ2) is 6.36. The number of carbonyl (C=O) groups is 2. The number of benzene rings is 1. The standard InChI is InChI=1S/C14H14N2O4S/c1-8-5-3-4-6-10(8)20-7-11(17)15-13-12(14(18)19)9(2)16-21-13/h3-6H,7H2,1-2H3,(H,15,17)(H,18,19). The summed E-state index contributed by atoms with van der Waals surface area (Å²) in [5, 5.41) is 11.8. The molecule has 0 atom stereocenters. The molecule has 1 amide bonds. The molecule has 0 bridgehead atoms. The maximum atomic E-state index is 11.8. The van der Waals surface area contributed by atoms with Gasteiger partial charge in [0.1, 0.15) is 16.3 Å². The van der Waals surface area contributed by atoms with E-state index in [1.54, 1.807) is 13.0 Å². The predicted octanol–water partition coefficient (Wildman–Crippen LogP) is 2.48. The number of aromatic nitrogens is 1. The first-order chi connectivity index (χ1) is 9.99. The Morgan fingerprint density at radius 3 is 2.71 bits per heavy atom. The molecule has 21 heavy (non-hydrogen) atoms. The molecule has 1 aromatic carbocycles. The fraction of sp³-hybridized carbons (Fsp3) is 0.214. The van der Waals surface area contributed by atoms with E-state index in [1.165, 1.54) is 0 Å². The Kier molecular flexibility index (Phi) is 4.54. The maximum absolute atomic E-state index is 11.8. The molecule has 2 aromatic rings. The summed E-state index contributed by atoms with van der Waals surface area (Å²) in [7, 11) is 0. The van der Waals surface area contributed by atoms with E-state index in [4.69, 9.17) is 9.84 Å². The SMILES string of the molecule is Cc1ccccc1OCC(=O)Nc1snc(C)c1C(=O)O. The smallest absolute Gasteiger partial charge is 0.340 e. The van der Waals surface area contributed by atoms with Gasteiger partial charge >= 0.3 is 5.97 Å². The van der Waals surface area contributed by atoms with Crippen molar-refractivity contribution in [3.05, 3.63) is 41.1 Å². The molecule has 1 heterocycles. The topological polar surface area (TPSA) is 88.5 Å². The van der Waals surface area contributed by atoms with Gasteiger partial charge in [0.2, 0.25) is 0 Å². The molecule has 2 N–H and O–H groups in total. The molecular weight excluding hydrogens is 292 g/mol. The number of ether oxygens (including phenoxy) is 1. The molecule has 2 rings (SSSR count). The van der Waals surface area contributed by atoms with E-state index in [0.717, 1.165) is 17.1 Å². The van der Waals surface area contributed by atoms with Crippen molar-refractivity contribution in [2.24, 2.45) is 0 Å². The minimum atomic E-state index is -1.11. The van der Waals surface area contributed by atoms with E-state index < -0.39 is 11.9 Å². The Morgan fingerprint density at radius 1 is 1.33 bits per heavy atom. The molecule has 0 fully saturated rings. The zero-order valence-corrected chi connectivity index (χ0v) is 12.4. The van der Waals surface area contributed by atoms with Gasteiger partial charge in [-0.1, -0.05) is 18.2 Å². The average molecular weight is 306 g/mol. The van der Waals surface area contributed by atoms with Crippen LogP contribution in [0.2, 0.25) is 0 Å². The molecule has 0 spiro atoms. The molecule has 0 saturated heterocycles. The van der Waals surface area contributed by atoms with E-state index in [1.807, 2.05) is 25.1 Å². The molecule has 1 aromatic heterocycles. The molecule has 7 heteroatoms. The van der Waals surface area contributed by atoms with Crippen LogP contribution in [0.4, 0.5) is 5.00 Å². The van der Waals surface area contributed by atoms with Crippen molar-refractivity contribution in [3.63, 3.8) is 0 Å². The van der Waals surface area contributed by atoms with Crippen LogP contribution in [0.15, 0.2) is 24.3 Å². The predicted molar refractivity (Wildman–Crippen MR) is 79.1 cm³/mol. The monoisotopic (exact) mass is 306 g/mol. The maximum Gasteiger partial charge on any atom is 0.340 e. The third-order valence-corrected chi connectivity index (χ3v) is 3.64. The number of carboxylic acid groups (broad SMARTS) is 1. The first-order valence-corrected chi connectivity index (χ1v) is 6.94. The molecule has 0 saturated carbocycles. The van der Waals surface area contributed by atoms with Crippen LogP contribution in [0.25, 0.3) is 0 Å². The number of aromatic carboxylic acids is 1. The van der Waals surface area contributed by atoms with Gasteiger partial charge in [0.05, 0.1) is 5.69 Å². The van der Waals surface area contributed by atoms with Crippen LogP contribution in [-0.2, 0) is 4.79 Å². The first kappa shape index (κ1) is 15.0. The zero-order valence-electron chi connectivity index (χ0n) is 11.5. The normalized spacial score (nSPS) is 10.2. The van der Waals surface area contributed by atoms with Crippen LogP contribution in [0.5, 0.6) is 5.75 Å². The Hall–Kier alpha value is -2.41. The van der Waals surface area contributed by atoms with Crippen molar-refractivity contribution in [1.29, 1.82) is 0 Å². The number of amides is 1. The third-order valence-electron chi connectivity index (χ3n) is 2.78. The number of rotatable bonds is 5. The average Bonchev–Trinajstić information content (AvgIpc) is 2.79. The summed E-state index contributed by atoms with van der Waals surface area (Å²) in [5.41, 5.74) is 1.32. The summed E-state index contributed by atoms with van der Waals surface area (Å²) in [6.45, 7) is 3.27. The van der Waals surface area contributed by atoms with Crippen molar-refractivity contribution in [2.45, 2.75) is 13.8 Å². The van der Waals surface area contributed by atoms with Gasteiger partial charge in [0.15, 0.2) is 6.61 Å². The largest absolute Gasteiger partial charge is 0.483 e. The number of nitrogens with one attached hydrogen (secondary N) is 1. The van der Waals surface area contributed by atoms with Crippen LogP contribution in [-0.4, -0.2) is 28.0 Å². The van der Waals surface area contributed by atoms with Gasteiger partial charge < -0.3 is 15.2 Å². The van der Waals surface area contributed by atoms with Crippen LogP contribution >= 0.6 is 11.5 Å². The third kappa shape index (κ3) is 3.57. The van der Waals surface area contributed by atoms with Crippen molar-refractivity contribution in [1.82, 2.24) is 4.37 Å². The fourth-order valence-corrected chi connectivity index (χ4v) is 2.54. The van der Waals surface area contributed by atoms with Gasteiger partial charge in [-0.2, -0.15) is 4.37 Å². The zero-order chi connectivity index (χ0) is 15.4. The summed E-state index contributed by atoms with van der Waals surface area (Å²) in [4.78, 5) is 22.9. The number of para-hydroxylation sites is 1. The second-order valence-corrected chi connectivity index (χ2v) is 5.15. The highest BCUT2D eigenvalue weighted by Gasteiger charge is 2.19. The fourth-order valence-electron chi connectivity index (χ4n) is 1.73. The summed E-state index contributed by atoms with van der Waals surface area (Å²) >= 11 is 0.939. The Morgan fingerprint density at radius 2 is 2.05 bits per heavy atom. The minimum Gasteiger partial charge on any atom is -0.483 e. The second-order valence-electron chi connectivity index (χ2n) is 4.38. The van der Waals surface area contributed by atoms with Crippen LogP contribution in [0.3, 0.4) is 0 Å². The van der Waals surface area contributed by atoms with Gasteiger partial charge in [-0.25, -0.2) is 4.79 Å². The number of nitrogens with zero attached hydrogens (tertiary/aromatic N) is 1. The Bertz CT molecular complexity index is 681. The van der Waals surface area contributed by atoms with E-state index in [2.05, 4.69) is 9.69 Å². The van der Waals surface area contributed by atoms with Gasteiger partial charge in [-0.05, 0) is 37.0 Å². The number of hydrogen-bond acceptors (Lipinski definition) is 5. The molecule has 110 valence electrons. The lowest BCUT2D eigenvalue weighted by atomic mass is 10.2. The molecule has 0 aliphatic heterocycles. The number of anilines is 1. The number of carboxylic acids is 1. The minimum absolute atomic E-state index is 0.0178. The van der Waals surface area contributed by atoms with Gasteiger partial charge in [-0.3, -0.25) is 4.79 Å². The molecule has 0 aliphatic rings. The Balaban J connectivity index is 2.00. The Labute approximate surface area is 125 Å². The number of carbonyl (C=O) groups excluding carboxylic acids is 1. The summed E-state index contributed by atoms with van der Waals surface area (Å²) < 4.78 is 9.33. The van der Waals surface area contributed by atoms with E-state index in [-0.39, 0.29) is 17.2 Å². The lowest BCUT2D eigenvalue weighted by Crippen LogP contribution is -2.21. The highest BCUT2D eigenvalue weighted by Crippen LogP contribution is 2.24. The van der Waals surface area contributed by atoms with E-state index >= 15 is 0 Å². The summed E-state index contributed by atoms with van der Waals surface area (Å²) in [6.07, 6.45) is 0.